The third kappa shape index (κ3) is 3.32. The van der Waals surface area contributed by atoms with Gasteiger partial charge in [-0.1, -0.05) is 0 Å². The molecule has 0 radical (unpaired) electrons. The van der Waals surface area contributed by atoms with Crippen LogP contribution in [0.15, 0.2) is 38.7 Å². The van der Waals surface area contributed by atoms with Crippen LogP contribution < -0.4 is 4.90 Å². The molecule has 5 heterocycles. The zero-order valence-corrected chi connectivity index (χ0v) is 16.7. The van der Waals surface area contributed by atoms with Gasteiger partial charge in [0.2, 0.25) is 17.5 Å². The van der Waals surface area contributed by atoms with Crippen LogP contribution >= 0.6 is 11.3 Å². The third-order valence-corrected chi connectivity index (χ3v) is 6.72. The summed E-state index contributed by atoms with van der Waals surface area (Å²) in [6.07, 6.45) is 3.99. The highest BCUT2D eigenvalue weighted by Crippen LogP contribution is 2.32. The van der Waals surface area contributed by atoms with E-state index < -0.39 is 0 Å². The molecule has 7 nitrogen and oxygen atoms in total. The molecule has 29 heavy (non-hydrogen) atoms. The van der Waals surface area contributed by atoms with Gasteiger partial charge in [0.25, 0.3) is 5.89 Å². The molecule has 0 bridgehead atoms. The molecule has 1 saturated heterocycles. The summed E-state index contributed by atoms with van der Waals surface area (Å²) in [6.45, 7) is 2.86. The summed E-state index contributed by atoms with van der Waals surface area (Å²) in [4.78, 5) is 22.7. The Morgan fingerprint density at radius 3 is 2.90 bits per heavy atom. The first-order valence-corrected chi connectivity index (χ1v) is 10.6. The van der Waals surface area contributed by atoms with Gasteiger partial charge >= 0.3 is 0 Å². The maximum absolute atomic E-state index is 13.0. The molecule has 5 rings (SSSR count). The molecule has 1 fully saturated rings. The number of furan rings is 1. The van der Waals surface area contributed by atoms with Gasteiger partial charge in [0.05, 0.1) is 6.26 Å². The number of fused-ring (bicyclic) bond motifs is 1. The number of piperidine rings is 1. The van der Waals surface area contributed by atoms with Gasteiger partial charge in [0.1, 0.15) is 6.07 Å². The summed E-state index contributed by atoms with van der Waals surface area (Å²) in [5.74, 6) is 1.53. The zero-order valence-electron chi connectivity index (χ0n) is 15.8. The molecule has 1 amide bonds. The van der Waals surface area contributed by atoms with Crippen molar-refractivity contribution in [3.05, 3.63) is 46.0 Å². The van der Waals surface area contributed by atoms with Gasteiger partial charge in [-0.15, -0.1) is 11.3 Å². The minimum Gasteiger partial charge on any atom is -0.459 e. The molecular formula is C21H20N4O3S. The van der Waals surface area contributed by atoms with Crippen molar-refractivity contribution in [2.24, 2.45) is 5.92 Å². The largest absolute Gasteiger partial charge is 0.459 e. The first kappa shape index (κ1) is 18.0. The highest BCUT2D eigenvalue weighted by molar-refractivity contribution is 7.10. The van der Waals surface area contributed by atoms with E-state index in [-0.39, 0.29) is 17.5 Å². The lowest BCUT2D eigenvalue weighted by Crippen LogP contribution is -2.44. The summed E-state index contributed by atoms with van der Waals surface area (Å²) >= 11 is 1.78. The Hall–Kier alpha value is -3.05. The number of amides is 1. The number of hydrogen-bond donors (Lipinski definition) is 0. The van der Waals surface area contributed by atoms with Gasteiger partial charge in [-0.25, -0.2) is 0 Å². The van der Waals surface area contributed by atoms with E-state index in [0.29, 0.717) is 30.6 Å². The smallest absolute Gasteiger partial charge is 0.266 e. The van der Waals surface area contributed by atoms with Crippen molar-refractivity contribution in [3.8, 4) is 17.7 Å². The molecular weight excluding hydrogens is 388 g/mol. The van der Waals surface area contributed by atoms with Crippen LogP contribution in [0.3, 0.4) is 0 Å². The summed E-state index contributed by atoms with van der Waals surface area (Å²) in [7, 11) is 0. The van der Waals surface area contributed by atoms with E-state index in [0.717, 1.165) is 32.4 Å². The number of rotatable bonds is 3. The fourth-order valence-electron chi connectivity index (χ4n) is 4.13. The minimum absolute atomic E-state index is 0.0180. The Morgan fingerprint density at radius 1 is 1.28 bits per heavy atom. The quantitative estimate of drug-likeness (QED) is 0.657. The summed E-state index contributed by atoms with van der Waals surface area (Å²) in [6, 6.07) is 7.74. The molecule has 0 unspecified atom stereocenters. The Kier molecular flexibility index (Phi) is 4.60. The van der Waals surface area contributed by atoms with E-state index in [1.165, 1.54) is 10.4 Å². The second-order valence-corrected chi connectivity index (χ2v) is 8.40. The molecule has 0 atom stereocenters. The van der Waals surface area contributed by atoms with Gasteiger partial charge < -0.3 is 18.6 Å². The van der Waals surface area contributed by atoms with E-state index in [9.17, 15) is 10.1 Å². The molecule has 0 saturated carbocycles. The maximum Gasteiger partial charge on any atom is 0.266 e. The first-order valence-electron chi connectivity index (χ1n) is 9.76. The number of carbonyl (C=O) groups is 1. The van der Waals surface area contributed by atoms with Crippen molar-refractivity contribution in [1.82, 2.24) is 9.88 Å². The molecule has 148 valence electrons. The van der Waals surface area contributed by atoms with Crippen molar-refractivity contribution in [2.45, 2.75) is 25.8 Å². The van der Waals surface area contributed by atoms with Crippen LogP contribution in [-0.2, 0) is 17.8 Å². The summed E-state index contributed by atoms with van der Waals surface area (Å²) in [5.41, 5.74) is 1.54. The van der Waals surface area contributed by atoms with Crippen LogP contribution in [0.4, 0.5) is 5.88 Å². The van der Waals surface area contributed by atoms with E-state index in [1.54, 1.807) is 29.7 Å². The average molecular weight is 408 g/mol. The zero-order chi connectivity index (χ0) is 19.8. The van der Waals surface area contributed by atoms with Crippen LogP contribution in [0, 0.1) is 17.2 Å². The lowest BCUT2D eigenvalue weighted by Gasteiger charge is -2.35. The normalized spacial score (nSPS) is 17.2. The first-order chi connectivity index (χ1) is 14.2. The second-order valence-electron chi connectivity index (χ2n) is 7.40. The lowest BCUT2D eigenvalue weighted by molar-refractivity contribution is -0.137. The van der Waals surface area contributed by atoms with E-state index in [4.69, 9.17) is 8.83 Å². The Bertz CT molecular complexity index is 1050. The molecule has 0 aromatic carbocycles. The number of carbonyl (C=O) groups excluding carboxylic acids is 1. The van der Waals surface area contributed by atoms with Gasteiger partial charge in [-0.3, -0.25) is 4.79 Å². The number of anilines is 1. The molecule has 3 aromatic heterocycles. The van der Waals surface area contributed by atoms with Crippen molar-refractivity contribution in [1.29, 1.82) is 5.26 Å². The molecule has 0 N–H and O–H groups in total. The fourth-order valence-corrected chi connectivity index (χ4v) is 5.02. The topological polar surface area (TPSA) is 86.5 Å². The average Bonchev–Trinajstić information content (AvgIpc) is 3.52. The Labute approximate surface area is 172 Å². The third-order valence-electron chi connectivity index (χ3n) is 5.70. The fraction of sp³-hybridized carbons (Fsp3) is 0.381. The lowest BCUT2D eigenvalue weighted by atomic mass is 9.94. The summed E-state index contributed by atoms with van der Waals surface area (Å²) < 4.78 is 11.2. The number of aromatic nitrogens is 1. The predicted molar refractivity (Wildman–Crippen MR) is 107 cm³/mol. The number of nitriles is 1. The standard InChI is InChI=1S/C21H20N4O3S/c22-12-16-21(28-19(23-16)17-2-1-10-27-17)24-7-3-14(4-8-24)20(26)25-9-5-18-15(13-25)6-11-29-18/h1-2,6,10-11,14H,3-5,7-9,13H2. The Balaban J connectivity index is 1.25. The van der Waals surface area contributed by atoms with Crippen molar-refractivity contribution in [2.75, 3.05) is 24.5 Å². The van der Waals surface area contributed by atoms with Crippen LogP contribution in [0.2, 0.25) is 0 Å². The van der Waals surface area contributed by atoms with Crippen molar-refractivity contribution >= 4 is 23.1 Å². The van der Waals surface area contributed by atoms with Crippen LogP contribution in [-0.4, -0.2) is 35.4 Å². The van der Waals surface area contributed by atoms with Crippen molar-refractivity contribution in [3.63, 3.8) is 0 Å². The molecule has 2 aliphatic rings. The molecule has 2 aliphatic heterocycles. The van der Waals surface area contributed by atoms with Crippen LogP contribution in [0.5, 0.6) is 0 Å². The predicted octanol–water partition coefficient (Wildman–Crippen LogP) is 3.67. The molecule has 0 spiro atoms. The minimum atomic E-state index is 0.0180. The summed E-state index contributed by atoms with van der Waals surface area (Å²) in [5, 5.41) is 11.6. The van der Waals surface area contributed by atoms with Crippen LogP contribution in [0.1, 0.15) is 29.0 Å². The van der Waals surface area contributed by atoms with Gasteiger partial charge in [0.15, 0.2) is 5.76 Å². The van der Waals surface area contributed by atoms with Crippen LogP contribution in [0.25, 0.3) is 11.7 Å². The van der Waals surface area contributed by atoms with Crippen molar-refractivity contribution < 1.29 is 13.6 Å². The molecule has 3 aromatic rings. The Morgan fingerprint density at radius 2 is 2.14 bits per heavy atom. The van der Waals surface area contributed by atoms with E-state index in [2.05, 4.69) is 22.5 Å². The molecule has 8 heteroatoms. The number of thiophene rings is 1. The highest BCUT2D eigenvalue weighted by atomic mass is 32.1. The monoisotopic (exact) mass is 408 g/mol. The SMILES string of the molecule is N#Cc1nc(-c2ccco2)oc1N1CCC(C(=O)N2CCc3sccc3C2)CC1. The van der Waals surface area contributed by atoms with Gasteiger partial charge in [0, 0.05) is 37.0 Å². The second kappa shape index (κ2) is 7.41. The number of hydrogen-bond acceptors (Lipinski definition) is 7. The van der Waals surface area contributed by atoms with E-state index >= 15 is 0 Å². The van der Waals surface area contributed by atoms with Gasteiger partial charge in [-0.05, 0) is 48.4 Å². The molecule has 0 aliphatic carbocycles. The van der Waals surface area contributed by atoms with Gasteiger partial charge in [-0.2, -0.15) is 10.2 Å². The number of nitrogens with zero attached hydrogens (tertiary/aromatic N) is 4. The highest BCUT2D eigenvalue weighted by Gasteiger charge is 2.32. The number of oxazole rings is 1. The van der Waals surface area contributed by atoms with E-state index in [1.807, 2.05) is 9.80 Å². The maximum atomic E-state index is 13.0.